The molecule has 0 saturated carbocycles. The molecule has 2 heterocycles. The van der Waals surface area contributed by atoms with Crippen molar-refractivity contribution >= 4 is 5.69 Å². The standard InChI is InChI=1S/C15H23N3/c1-12-4-3-5-13(2)15(12)18-9-8-17-7-6-16-10-14(17)11-18/h3-5,14,16H,6-11H2,1-2H3. The SMILES string of the molecule is Cc1cccc(C)c1N1CCN2CCNCC2C1. The zero-order chi connectivity index (χ0) is 12.5. The van der Waals surface area contributed by atoms with E-state index in [0.29, 0.717) is 6.04 Å². The Morgan fingerprint density at radius 2 is 1.89 bits per heavy atom. The molecule has 0 radical (unpaired) electrons. The second-order valence-electron chi connectivity index (χ2n) is 5.58. The van der Waals surface area contributed by atoms with E-state index >= 15 is 0 Å². The number of anilines is 1. The average Bonchev–Trinajstić information content (AvgIpc) is 2.38. The summed E-state index contributed by atoms with van der Waals surface area (Å²) in [5.41, 5.74) is 4.28. The van der Waals surface area contributed by atoms with Gasteiger partial charge in [0.05, 0.1) is 0 Å². The molecule has 0 aliphatic carbocycles. The van der Waals surface area contributed by atoms with Crippen LogP contribution in [0.4, 0.5) is 5.69 Å². The van der Waals surface area contributed by atoms with Gasteiger partial charge in [0.25, 0.3) is 0 Å². The Kier molecular flexibility index (Phi) is 3.27. The molecule has 2 aliphatic heterocycles. The number of hydrogen-bond acceptors (Lipinski definition) is 3. The van der Waals surface area contributed by atoms with E-state index in [1.807, 2.05) is 0 Å². The molecule has 98 valence electrons. The zero-order valence-electron chi connectivity index (χ0n) is 11.4. The molecule has 1 unspecified atom stereocenters. The normalized spacial score (nSPS) is 25.0. The van der Waals surface area contributed by atoms with Crippen molar-refractivity contribution in [1.29, 1.82) is 0 Å². The third kappa shape index (κ3) is 2.13. The van der Waals surface area contributed by atoms with Crippen LogP contribution in [0.25, 0.3) is 0 Å². The van der Waals surface area contributed by atoms with Gasteiger partial charge in [-0.15, -0.1) is 0 Å². The highest BCUT2D eigenvalue weighted by Gasteiger charge is 2.29. The van der Waals surface area contributed by atoms with Gasteiger partial charge in [0.15, 0.2) is 0 Å². The summed E-state index contributed by atoms with van der Waals surface area (Å²) in [6, 6.07) is 7.31. The summed E-state index contributed by atoms with van der Waals surface area (Å²) in [7, 11) is 0. The summed E-state index contributed by atoms with van der Waals surface area (Å²) >= 11 is 0. The van der Waals surface area contributed by atoms with Gasteiger partial charge in [-0.1, -0.05) is 18.2 Å². The minimum Gasteiger partial charge on any atom is -0.368 e. The summed E-state index contributed by atoms with van der Waals surface area (Å²) in [6.07, 6.45) is 0. The smallest absolute Gasteiger partial charge is 0.0426 e. The number of para-hydroxylation sites is 1. The van der Waals surface area contributed by atoms with Crippen LogP contribution in [0.3, 0.4) is 0 Å². The van der Waals surface area contributed by atoms with Crippen molar-refractivity contribution in [2.24, 2.45) is 0 Å². The van der Waals surface area contributed by atoms with Crippen LogP contribution in [0.2, 0.25) is 0 Å². The molecule has 2 fully saturated rings. The fourth-order valence-corrected chi connectivity index (χ4v) is 3.38. The number of fused-ring (bicyclic) bond motifs is 1. The molecular formula is C15H23N3. The topological polar surface area (TPSA) is 18.5 Å². The van der Waals surface area contributed by atoms with Crippen LogP contribution in [0, 0.1) is 13.8 Å². The molecule has 2 aliphatic rings. The Morgan fingerprint density at radius 1 is 1.11 bits per heavy atom. The summed E-state index contributed by atoms with van der Waals surface area (Å²) in [5, 5.41) is 3.52. The van der Waals surface area contributed by atoms with Gasteiger partial charge >= 0.3 is 0 Å². The molecule has 0 bridgehead atoms. The molecule has 0 spiro atoms. The van der Waals surface area contributed by atoms with Crippen molar-refractivity contribution < 1.29 is 0 Å². The number of nitrogens with one attached hydrogen (secondary N) is 1. The molecule has 1 aromatic rings. The van der Waals surface area contributed by atoms with E-state index in [2.05, 4.69) is 47.2 Å². The molecule has 1 atom stereocenters. The van der Waals surface area contributed by atoms with Crippen molar-refractivity contribution in [3.8, 4) is 0 Å². The van der Waals surface area contributed by atoms with E-state index in [9.17, 15) is 0 Å². The lowest BCUT2D eigenvalue weighted by Crippen LogP contribution is -2.61. The third-order valence-electron chi connectivity index (χ3n) is 4.32. The van der Waals surface area contributed by atoms with Crippen LogP contribution >= 0.6 is 0 Å². The van der Waals surface area contributed by atoms with Crippen molar-refractivity contribution in [2.75, 3.05) is 44.2 Å². The van der Waals surface area contributed by atoms with Crippen molar-refractivity contribution in [2.45, 2.75) is 19.9 Å². The quantitative estimate of drug-likeness (QED) is 0.807. The fourth-order valence-electron chi connectivity index (χ4n) is 3.38. The minimum atomic E-state index is 0.687. The second-order valence-corrected chi connectivity index (χ2v) is 5.58. The monoisotopic (exact) mass is 245 g/mol. The van der Waals surface area contributed by atoms with E-state index < -0.39 is 0 Å². The third-order valence-corrected chi connectivity index (χ3v) is 4.32. The van der Waals surface area contributed by atoms with Gasteiger partial charge < -0.3 is 10.2 Å². The maximum absolute atomic E-state index is 3.52. The molecule has 0 amide bonds. The van der Waals surface area contributed by atoms with Crippen molar-refractivity contribution in [3.05, 3.63) is 29.3 Å². The van der Waals surface area contributed by atoms with Gasteiger partial charge in [-0.25, -0.2) is 0 Å². The predicted octanol–water partition coefficient (Wildman–Crippen LogP) is 1.40. The second kappa shape index (κ2) is 4.90. The largest absolute Gasteiger partial charge is 0.368 e. The zero-order valence-corrected chi connectivity index (χ0v) is 11.4. The lowest BCUT2D eigenvalue weighted by atomic mass is 10.0. The first-order valence-electron chi connectivity index (χ1n) is 7.01. The van der Waals surface area contributed by atoms with E-state index in [1.165, 1.54) is 43.0 Å². The molecule has 3 heteroatoms. The van der Waals surface area contributed by atoms with Crippen LogP contribution in [0.5, 0.6) is 0 Å². The lowest BCUT2D eigenvalue weighted by molar-refractivity contribution is 0.146. The molecule has 0 aromatic heterocycles. The van der Waals surface area contributed by atoms with Crippen LogP contribution in [-0.4, -0.2) is 50.2 Å². The van der Waals surface area contributed by atoms with Gasteiger partial charge in [0.2, 0.25) is 0 Å². The summed E-state index contributed by atoms with van der Waals surface area (Å²) < 4.78 is 0. The minimum absolute atomic E-state index is 0.687. The van der Waals surface area contributed by atoms with Gasteiger partial charge in [0.1, 0.15) is 0 Å². The Labute approximate surface area is 110 Å². The Morgan fingerprint density at radius 3 is 2.67 bits per heavy atom. The number of rotatable bonds is 1. The predicted molar refractivity (Wildman–Crippen MR) is 76.4 cm³/mol. The van der Waals surface area contributed by atoms with Gasteiger partial charge in [-0.3, -0.25) is 4.90 Å². The molecule has 2 saturated heterocycles. The first-order chi connectivity index (χ1) is 8.75. The van der Waals surface area contributed by atoms with Crippen LogP contribution in [0.15, 0.2) is 18.2 Å². The van der Waals surface area contributed by atoms with E-state index in [-0.39, 0.29) is 0 Å². The van der Waals surface area contributed by atoms with E-state index in [4.69, 9.17) is 0 Å². The van der Waals surface area contributed by atoms with Gasteiger partial charge in [0, 0.05) is 51.0 Å². The number of nitrogens with zero attached hydrogens (tertiary/aromatic N) is 2. The van der Waals surface area contributed by atoms with Crippen LogP contribution < -0.4 is 10.2 Å². The average molecular weight is 245 g/mol. The van der Waals surface area contributed by atoms with E-state index in [0.717, 1.165) is 13.1 Å². The summed E-state index contributed by atoms with van der Waals surface area (Å²) in [4.78, 5) is 5.22. The van der Waals surface area contributed by atoms with Gasteiger partial charge in [-0.05, 0) is 25.0 Å². The molecule has 3 nitrogen and oxygen atoms in total. The number of aryl methyl sites for hydroxylation is 2. The first-order valence-corrected chi connectivity index (χ1v) is 7.01. The Balaban J connectivity index is 1.81. The highest BCUT2D eigenvalue weighted by Crippen LogP contribution is 2.27. The molecule has 18 heavy (non-hydrogen) atoms. The summed E-state index contributed by atoms with van der Waals surface area (Å²) in [5.74, 6) is 0. The highest BCUT2D eigenvalue weighted by atomic mass is 15.3. The van der Waals surface area contributed by atoms with Crippen molar-refractivity contribution in [3.63, 3.8) is 0 Å². The maximum Gasteiger partial charge on any atom is 0.0426 e. The van der Waals surface area contributed by atoms with Crippen molar-refractivity contribution in [1.82, 2.24) is 10.2 Å². The Bertz CT molecular complexity index is 409. The number of piperazine rings is 2. The molecule has 1 N–H and O–H groups in total. The fraction of sp³-hybridized carbons (Fsp3) is 0.600. The first kappa shape index (κ1) is 12.0. The Hall–Kier alpha value is -1.06. The summed E-state index contributed by atoms with van der Waals surface area (Å²) in [6.45, 7) is 11.5. The maximum atomic E-state index is 3.52. The van der Waals surface area contributed by atoms with Crippen LogP contribution in [0.1, 0.15) is 11.1 Å². The molecule has 1 aromatic carbocycles. The highest BCUT2D eigenvalue weighted by molar-refractivity contribution is 5.59. The number of hydrogen-bond donors (Lipinski definition) is 1. The number of benzene rings is 1. The van der Waals surface area contributed by atoms with Crippen LogP contribution in [-0.2, 0) is 0 Å². The molecule has 3 rings (SSSR count). The van der Waals surface area contributed by atoms with E-state index in [1.54, 1.807) is 0 Å². The van der Waals surface area contributed by atoms with Gasteiger partial charge in [-0.2, -0.15) is 0 Å². The molecular weight excluding hydrogens is 222 g/mol. The lowest BCUT2D eigenvalue weighted by Gasteiger charge is -2.45.